The van der Waals surface area contributed by atoms with Crippen LogP contribution in [0, 0.1) is 11.3 Å². The number of furan rings is 1. The van der Waals surface area contributed by atoms with Crippen LogP contribution in [-0.4, -0.2) is 17.6 Å². The molecule has 0 bridgehead atoms. The smallest absolute Gasteiger partial charge is 0.339 e. The standard InChI is InChI=1S/C16H19NO3/c1-16(2)7-10(16)8-17-9-13-14(15(18)19)11-5-3-4-6-12(11)20-13/h3-6,10,17H,7-9H2,1-2H3,(H,18,19). The van der Waals surface area contributed by atoms with Crippen molar-refractivity contribution >= 4 is 16.9 Å². The molecule has 0 radical (unpaired) electrons. The van der Waals surface area contributed by atoms with Gasteiger partial charge in [-0.15, -0.1) is 0 Å². The Balaban J connectivity index is 1.77. The molecule has 1 heterocycles. The van der Waals surface area contributed by atoms with E-state index in [9.17, 15) is 9.90 Å². The number of hydrogen-bond donors (Lipinski definition) is 2. The molecule has 1 aromatic heterocycles. The number of hydrogen-bond acceptors (Lipinski definition) is 3. The minimum atomic E-state index is -0.932. The molecule has 2 aromatic rings. The third kappa shape index (κ3) is 2.31. The van der Waals surface area contributed by atoms with Gasteiger partial charge in [0, 0.05) is 5.39 Å². The Morgan fingerprint density at radius 2 is 2.15 bits per heavy atom. The Bertz CT molecular complexity index is 657. The first-order valence-electron chi connectivity index (χ1n) is 6.93. The fourth-order valence-corrected chi connectivity index (χ4v) is 2.74. The van der Waals surface area contributed by atoms with E-state index in [1.165, 1.54) is 6.42 Å². The average molecular weight is 273 g/mol. The van der Waals surface area contributed by atoms with Crippen LogP contribution in [0.15, 0.2) is 28.7 Å². The van der Waals surface area contributed by atoms with E-state index < -0.39 is 5.97 Å². The fourth-order valence-electron chi connectivity index (χ4n) is 2.74. The fraction of sp³-hybridized carbons (Fsp3) is 0.438. The van der Waals surface area contributed by atoms with Crippen molar-refractivity contribution in [1.29, 1.82) is 0 Å². The first-order chi connectivity index (χ1) is 9.49. The number of carboxylic acids is 1. The number of carbonyl (C=O) groups is 1. The molecule has 0 saturated heterocycles. The summed E-state index contributed by atoms with van der Waals surface area (Å²) < 4.78 is 5.67. The highest BCUT2D eigenvalue weighted by molar-refractivity contribution is 6.03. The van der Waals surface area contributed by atoms with E-state index in [0.29, 0.717) is 34.6 Å². The lowest BCUT2D eigenvalue weighted by molar-refractivity contribution is 0.0696. The summed E-state index contributed by atoms with van der Waals surface area (Å²) in [5.74, 6) is 0.260. The highest BCUT2D eigenvalue weighted by atomic mass is 16.4. The number of para-hydroxylation sites is 1. The second kappa shape index (κ2) is 4.63. The maximum Gasteiger partial charge on any atom is 0.339 e. The minimum absolute atomic E-state index is 0.281. The van der Waals surface area contributed by atoms with Crippen molar-refractivity contribution < 1.29 is 14.3 Å². The van der Waals surface area contributed by atoms with Crippen molar-refractivity contribution in [3.8, 4) is 0 Å². The normalized spacial score (nSPS) is 20.2. The summed E-state index contributed by atoms with van der Waals surface area (Å²) in [5, 5.41) is 13.4. The zero-order valence-corrected chi connectivity index (χ0v) is 11.8. The van der Waals surface area contributed by atoms with Crippen LogP contribution in [0.5, 0.6) is 0 Å². The molecular formula is C16H19NO3. The molecule has 3 rings (SSSR count). The van der Waals surface area contributed by atoms with Gasteiger partial charge in [-0.3, -0.25) is 0 Å². The van der Waals surface area contributed by atoms with Gasteiger partial charge >= 0.3 is 5.97 Å². The van der Waals surface area contributed by atoms with Gasteiger partial charge in [-0.1, -0.05) is 32.0 Å². The largest absolute Gasteiger partial charge is 0.478 e. The second-order valence-corrected chi connectivity index (χ2v) is 6.22. The first kappa shape index (κ1) is 13.2. The van der Waals surface area contributed by atoms with Crippen molar-refractivity contribution in [2.24, 2.45) is 11.3 Å². The van der Waals surface area contributed by atoms with Gasteiger partial charge in [0.25, 0.3) is 0 Å². The van der Waals surface area contributed by atoms with Crippen molar-refractivity contribution in [3.05, 3.63) is 35.6 Å². The van der Waals surface area contributed by atoms with E-state index in [0.717, 1.165) is 6.54 Å². The number of aromatic carboxylic acids is 1. The lowest BCUT2D eigenvalue weighted by Gasteiger charge is -2.05. The third-order valence-corrected chi connectivity index (χ3v) is 4.28. The Hall–Kier alpha value is -1.81. The van der Waals surface area contributed by atoms with E-state index in [1.54, 1.807) is 12.1 Å². The maximum atomic E-state index is 11.4. The van der Waals surface area contributed by atoms with Gasteiger partial charge in [0.1, 0.15) is 16.9 Å². The van der Waals surface area contributed by atoms with Crippen LogP contribution in [0.25, 0.3) is 11.0 Å². The van der Waals surface area contributed by atoms with Gasteiger partial charge in [-0.05, 0) is 30.4 Å². The van der Waals surface area contributed by atoms with Gasteiger partial charge in [0.2, 0.25) is 0 Å². The zero-order chi connectivity index (χ0) is 14.3. The number of carboxylic acid groups (broad SMARTS) is 1. The molecule has 1 unspecified atom stereocenters. The molecule has 0 amide bonds. The van der Waals surface area contributed by atoms with Crippen LogP contribution in [-0.2, 0) is 6.54 Å². The molecule has 1 aliphatic carbocycles. The lowest BCUT2D eigenvalue weighted by Crippen LogP contribution is -2.19. The molecule has 0 aliphatic heterocycles. The van der Waals surface area contributed by atoms with Crippen molar-refractivity contribution in [2.75, 3.05) is 6.54 Å². The highest BCUT2D eigenvalue weighted by Crippen LogP contribution is 2.51. The molecular weight excluding hydrogens is 254 g/mol. The Kier molecular flexibility index (Phi) is 3.05. The third-order valence-electron chi connectivity index (χ3n) is 4.28. The number of benzene rings is 1. The van der Waals surface area contributed by atoms with E-state index in [4.69, 9.17) is 4.42 Å². The van der Waals surface area contributed by atoms with Gasteiger partial charge in [0.15, 0.2) is 0 Å². The molecule has 20 heavy (non-hydrogen) atoms. The maximum absolute atomic E-state index is 11.4. The van der Waals surface area contributed by atoms with Gasteiger partial charge in [-0.2, -0.15) is 0 Å². The van der Waals surface area contributed by atoms with E-state index >= 15 is 0 Å². The predicted octanol–water partition coefficient (Wildman–Crippen LogP) is 3.27. The number of rotatable bonds is 5. The SMILES string of the molecule is CC1(C)CC1CNCc1oc2ccccc2c1C(=O)O. The van der Waals surface area contributed by atoms with Crippen LogP contribution >= 0.6 is 0 Å². The molecule has 106 valence electrons. The summed E-state index contributed by atoms with van der Waals surface area (Å²) in [4.78, 5) is 11.4. The highest BCUT2D eigenvalue weighted by Gasteiger charge is 2.44. The van der Waals surface area contributed by atoms with Crippen LogP contribution in [0.3, 0.4) is 0 Å². The molecule has 1 aliphatic rings. The molecule has 0 spiro atoms. The molecule has 2 N–H and O–H groups in total. The zero-order valence-electron chi connectivity index (χ0n) is 11.8. The Labute approximate surface area is 117 Å². The molecule has 4 heteroatoms. The quantitative estimate of drug-likeness (QED) is 0.877. The Morgan fingerprint density at radius 3 is 2.80 bits per heavy atom. The summed E-state index contributed by atoms with van der Waals surface area (Å²) in [6, 6.07) is 7.26. The summed E-state index contributed by atoms with van der Waals surface area (Å²) in [6.45, 7) is 5.87. The van der Waals surface area contributed by atoms with Crippen molar-refractivity contribution in [1.82, 2.24) is 5.32 Å². The summed E-state index contributed by atoms with van der Waals surface area (Å²) >= 11 is 0. The number of nitrogens with one attached hydrogen (secondary N) is 1. The van der Waals surface area contributed by atoms with Crippen molar-refractivity contribution in [3.63, 3.8) is 0 Å². The van der Waals surface area contributed by atoms with Crippen LogP contribution in [0.1, 0.15) is 36.4 Å². The second-order valence-electron chi connectivity index (χ2n) is 6.22. The Morgan fingerprint density at radius 1 is 1.45 bits per heavy atom. The van der Waals surface area contributed by atoms with E-state index in [-0.39, 0.29) is 5.56 Å². The van der Waals surface area contributed by atoms with Gasteiger partial charge in [-0.25, -0.2) is 4.79 Å². The first-order valence-corrected chi connectivity index (χ1v) is 6.93. The molecule has 4 nitrogen and oxygen atoms in total. The number of fused-ring (bicyclic) bond motifs is 1. The summed E-state index contributed by atoms with van der Waals surface area (Å²) in [7, 11) is 0. The monoisotopic (exact) mass is 273 g/mol. The van der Waals surface area contributed by atoms with Crippen molar-refractivity contribution in [2.45, 2.75) is 26.8 Å². The van der Waals surface area contributed by atoms with Gasteiger partial charge < -0.3 is 14.8 Å². The topological polar surface area (TPSA) is 62.5 Å². The molecule has 1 atom stereocenters. The van der Waals surface area contributed by atoms with E-state index in [1.807, 2.05) is 12.1 Å². The predicted molar refractivity (Wildman–Crippen MR) is 76.8 cm³/mol. The lowest BCUT2D eigenvalue weighted by atomic mass is 10.1. The van der Waals surface area contributed by atoms with Crippen LogP contribution in [0.2, 0.25) is 0 Å². The summed E-state index contributed by atoms with van der Waals surface area (Å²) in [6.07, 6.45) is 1.23. The van der Waals surface area contributed by atoms with Gasteiger partial charge in [0.05, 0.1) is 6.54 Å². The van der Waals surface area contributed by atoms with Crippen LogP contribution in [0.4, 0.5) is 0 Å². The van der Waals surface area contributed by atoms with Crippen LogP contribution < -0.4 is 5.32 Å². The molecule has 1 fully saturated rings. The minimum Gasteiger partial charge on any atom is -0.478 e. The molecule has 1 saturated carbocycles. The summed E-state index contributed by atoms with van der Waals surface area (Å²) in [5.41, 5.74) is 1.34. The average Bonchev–Trinajstić information content (AvgIpc) is 2.84. The van der Waals surface area contributed by atoms with E-state index in [2.05, 4.69) is 19.2 Å². The molecule has 1 aromatic carbocycles.